The van der Waals surface area contributed by atoms with Crippen molar-refractivity contribution in [2.45, 2.75) is 50.0 Å². The maximum Gasteiger partial charge on any atom is 0.0944 e. The van der Waals surface area contributed by atoms with E-state index in [4.69, 9.17) is 20.6 Å². The summed E-state index contributed by atoms with van der Waals surface area (Å²) in [5, 5.41) is 37.9. The van der Waals surface area contributed by atoms with E-state index in [0.717, 1.165) is 45.0 Å². The molecule has 0 fully saturated rings. The van der Waals surface area contributed by atoms with Crippen molar-refractivity contribution in [3.8, 4) is 0 Å². The number of allylic oxidation sites excluding steroid dienone is 8. The Morgan fingerprint density at radius 2 is 0.850 bits per heavy atom. The van der Waals surface area contributed by atoms with Gasteiger partial charge in [0, 0.05) is 23.7 Å². The minimum atomic E-state index is -0.00136. The summed E-state index contributed by atoms with van der Waals surface area (Å²) < 4.78 is 4.07. The molecule has 0 amide bonds. The van der Waals surface area contributed by atoms with Crippen LogP contribution in [-0.2, 0) is 26.3 Å². The summed E-state index contributed by atoms with van der Waals surface area (Å²) in [6.07, 6.45) is 17.3. The van der Waals surface area contributed by atoms with E-state index in [-0.39, 0.29) is 36.9 Å². The fraction of sp³-hybridized carbons (Fsp3) is 0.250. The Hall–Kier alpha value is -4.40. The van der Waals surface area contributed by atoms with Crippen molar-refractivity contribution in [3.63, 3.8) is 0 Å². The SMILES string of the molecule is OCc1ccc(Cn2nnc3c2[C@H]2C=CC=C[C@H]2c2nnn(Cc4ccc(CO)cc4)c2[C@H]2C=CC=C[C@@H]32)cc1. The second kappa shape index (κ2) is 10.3. The largest absolute Gasteiger partial charge is 0.392 e. The van der Waals surface area contributed by atoms with Crippen molar-refractivity contribution >= 4 is 0 Å². The lowest BCUT2D eigenvalue weighted by Crippen LogP contribution is -2.25. The zero-order valence-electron chi connectivity index (χ0n) is 22.0. The van der Waals surface area contributed by atoms with Crippen LogP contribution in [-0.4, -0.2) is 40.2 Å². The number of hydrogen-bond acceptors (Lipinski definition) is 6. The van der Waals surface area contributed by atoms with Crippen LogP contribution in [0.4, 0.5) is 0 Å². The Balaban J connectivity index is 1.33. The quantitative estimate of drug-likeness (QED) is 0.387. The minimum absolute atomic E-state index is 0.00136. The van der Waals surface area contributed by atoms with Gasteiger partial charge in [0.2, 0.25) is 0 Å². The van der Waals surface area contributed by atoms with Crippen molar-refractivity contribution < 1.29 is 10.2 Å². The van der Waals surface area contributed by atoms with Gasteiger partial charge in [0.25, 0.3) is 0 Å². The first kappa shape index (κ1) is 24.6. The highest BCUT2D eigenvalue weighted by atomic mass is 16.3. The lowest BCUT2D eigenvalue weighted by molar-refractivity contribution is 0.281. The normalized spacial score (nSPS) is 22.2. The molecular weight excluding hydrogens is 500 g/mol. The van der Waals surface area contributed by atoms with Gasteiger partial charge < -0.3 is 10.2 Å². The number of aliphatic hydroxyl groups excluding tert-OH is 2. The molecule has 4 atom stereocenters. The van der Waals surface area contributed by atoms with Crippen LogP contribution in [0.2, 0.25) is 0 Å². The van der Waals surface area contributed by atoms with Crippen LogP contribution >= 0.6 is 0 Å². The summed E-state index contributed by atoms with van der Waals surface area (Å²) in [6.45, 7) is 1.24. The van der Waals surface area contributed by atoms with Crippen molar-refractivity contribution in [1.29, 1.82) is 0 Å². The lowest BCUT2D eigenvalue weighted by Gasteiger charge is -2.33. The number of rotatable bonds is 6. The van der Waals surface area contributed by atoms with E-state index < -0.39 is 0 Å². The van der Waals surface area contributed by atoms with Gasteiger partial charge in [-0.3, -0.25) is 0 Å². The number of nitrogens with zero attached hydrogens (tertiary/aromatic N) is 6. The third-order valence-corrected chi connectivity index (χ3v) is 8.21. The van der Waals surface area contributed by atoms with E-state index in [1.54, 1.807) is 0 Å². The van der Waals surface area contributed by atoms with Crippen molar-refractivity contribution in [2.24, 2.45) is 0 Å². The second-order valence-corrected chi connectivity index (χ2v) is 10.6. The van der Waals surface area contributed by atoms with Gasteiger partial charge in [-0.15, -0.1) is 10.2 Å². The summed E-state index contributed by atoms with van der Waals surface area (Å²) >= 11 is 0. The fourth-order valence-electron chi connectivity index (χ4n) is 6.17. The van der Waals surface area contributed by atoms with Crippen molar-refractivity contribution in [3.05, 3.63) is 142 Å². The number of aromatic nitrogens is 6. The first-order valence-corrected chi connectivity index (χ1v) is 13.7. The highest BCUT2D eigenvalue weighted by Crippen LogP contribution is 2.49. The Labute approximate surface area is 232 Å². The molecule has 3 aliphatic rings. The molecule has 40 heavy (non-hydrogen) atoms. The third kappa shape index (κ3) is 4.26. The van der Waals surface area contributed by atoms with Gasteiger partial charge >= 0.3 is 0 Å². The van der Waals surface area contributed by atoms with Crippen molar-refractivity contribution in [1.82, 2.24) is 30.0 Å². The Morgan fingerprint density at radius 3 is 1.23 bits per heavy atom. The molecule has 2 aromatic carbocycles. The molecule has 0 aliphatic heterocycles. The molecule has 200 valence electrons. The molecule has 7 rings (SSSR count). The molecule has 4 aromatic rings. The minimum Gasteiger partial charge on any atom is -0.392 e. The molecule has 0 bridgehead atoms. The van der Waals surface area contributed by atoms with Crippen LogP contribution in [0.3, 0.4) is 0 Å². The number of fused-ring (bicyclic) bond motifs is 8. The van der Waals surface area contributed by atoms with Gasteiger partial charge in [0.05, 0.1) is 49.1 Å². The second-order valence-electron chi connectivity index (χ2n) is 10.6. The monoisotopic (exact) mass is 530 g/mol. The predicted octanol–water partition coefficient (Wildman–Crippen LogP) is 4.25. The van der Waals surface area contributed by atoms with Gasteiger partial charge in [-0.05, 0) is 22.3 Å². The van der Waals surface area contributed by atoms with Crippen LogP contribution < -0.4 is 0 Å². The summed E-state index contributed by atoms with van der Waals surface area (Å²) in [5.41, 5.74) is 8.16. The molecule has 0 unspecified atom stereocenters. The van der Waals surface area contributed by atoms with E-state index in [2.05, 4.69) is 48.6 Å². The number of benzene rings is 2. The van der Waals surface area contributed by atoms with E-state index in [0.29, 0.717) is 13.1 Å². The standard InChI is InChI=1S/C32H30N6O2/c39-19-23-13-9-21(10-14-23)17-37-31-27-7-3-1-5-25(27)29-32(28-8-4-2-6-26(28)30(31)34-36-37)38(35-33-29)18-22-11-15-24(20-40)16-12-22/h1-16,25-28,39-40H,17-20H2/t25-,26-,27+,28+/m1/s1. The van der Waals surface area contributed by atoms with E-state index in [1.165, 1.54) is 0 Å². The zero-order chi connectivity index (χ0) is 27.1. The molecule has 2 aromatic heterocycles. The van der Waals surface area contributed by atoms with Crippen molar-refractivity contribution in [2.75, 3.05) is 0 Å². The highest BCUT2D eigenvalue weighted by Gasteiger charge is 2.42. The molecule has 0 radical (unpaired) electrons. The molecule has 8 heteroatoms. The lowest BCUT2D eigenvalue weighted by atomic mass is 9.72. The molecule has 3 aliphatic carbocycles. The molecule has 8 nitrogen and oxygen atoms in total. The average molecular weight is 531 g/mol. The topological polar surface area (TPSA) is 102 Å². The summed E-state index contributed by atoms with van der Waals surface area (Å²) in [5.74, 6) is 0.0245. The smallest absolute Gasteiger partial charge is 0.0944 e. The molecular formula is C32H30N6O2. The Morgan fingerprint density at radius 1 is 0.500 bits per heavy atom. The van der Waals surface area contributed by atoms with Gasteiger partial charge in [-0.2, -0.15) is 0 Å². The van der Waals surface area contributed by atoms with Crippen LogP contribution in [0.25, 0.3) is 0 Å². The van der Waals surface area contributed by atoms with Crippen LogP contribution in [0, 0.1) is 0 Å². The predicted molar refractivity (Wildman–Crippen MR) is 151 cm³/mol. The van der Waals surface area contributed by atoms with Gasteiger partial charge in [0.1, 0.15) is 0 Å². The molecule has 0 spiro atoms. The summed E-state index contributed by atoms with van der Waals surface area (Å²) in [4.78, 5) is 0. The molecule has 0 saturated heterocycles. The third-order valence-electron chi connectivity index (χ3n) is 8.21. The highest BCUT2D eigenvalue weighted by molar-refractivity contribution is 5.47. The summed E-state index contributed by atoms with van der Waals surface area (Å²) in [7, 11) is 0. The molecule has 0 saturated carbocycles. The van der Waals surface area contributed by atoms with Gasteiger partial charge in [-0.25, -0.2) is 9.36 Å². The maximum atomic E-state index is 9.45. The summed E-state index contributed by atoms with van der Waals surface area (Å²) in [6, 6.07) is 16.0. The number of aliphatic hydroxyl groups is 2. The van der Waals surface area contributed by atoms with Gasteiger partial charge in [0.15, 0.2) is 0 Å². The van der Waals surface area contributed by atoms with E-state index >= 15 is 0 Å². The van der Waals surface area contributed by atoms with Crippen LogP contribution in [0.1, 0.15) is 68.7 Å². The maximum absolute atomic E-state index is 9.45. The van der Waals surface area contributed by atoms with E-state index in [1.807, 2.05) is 57.9 Å². The number of hydrogen-bond donors (Lipinski definition) is 2. The first-order valence-electron chi connectivity index (χ1n) is 13.7. The average Bonchev–Trinajstić information content (AvgIpc) is 3.61. The van der Waals surface area contributed by atoms with Gasteiger partial charge in [-0.1, -0.05) is 108 Å². The molecule has 2 heterocycles. The van der Waals surface area contributed by atoms with Crippen LogP contribution in [0.15, 0.2) is 97.1 Å². The fourth-order valence-corrected chi connectivity index (χ4v) is 6.17. The zero-order valence-corrected chi connectivity index (χ0v) is 22.0. The Kier molecular flexibility index (Phi) is 6.34. The first-order chi connectivity index (χ1) is 19.7. The Bertz CT molecular complexity index is 1520. The molecule has 2 N–H and O–H groups in total. The van der Waals surface area contributed by atoms with E-state index in [9.17, 15) is 10.2 Å². The van der Waals surface area contributed by atoms with Crippen LogP contribution in [0.5, 0.6) is 0 Å².